The molecule has 0 aromatic carbocycles. The molecule has 8 heteroatoms. The van der Waals surface area contributed by atoms with Gasteiger partial charge in [-0.1, -0.05) is 12.8 Å². The fraction of sp³-hybridized carbons (Fsp3) is 0.765. The minimum absolute atomic E-state index is 0.203. The molecule has 138 valence electrons. The summed E-state index contributed by atoms with van der Waals surface area (Å²) in [6, 6.07) is 0.901. The smallest absolute Gasteiger partial charge is 0.324 e. The number of hydrogen-bond donors (Lipinski definition) is 1. The number of aromatic nitrogens is 3. The number of carbonyl (C=O) groups is 1. The topological polar surface area (TPSA) is 89.5 Å². The van der Waals surface area contributed by atoms with Crippen LogP contribution in [-0.2, 0) is 4.79 Å². The molecule has 0 atom stereocenters. The third-order valence-corrected chi connectivity index (χ3v) is 5.04. The Kier molecular flexibility index (Phi) is 5.88. The first-order valence-electron chi connectivity index (χ1n) is 9.06. The summed E-state index contributed by atoms with van der Waals surface area (Å²) in [4.78, 5) is 26.9. The van der Waals surface area contributed by atoms with Gasteiger partial charge in [0.15, 0.2) is 0 Å². The molecular formula is C17H27N5O3. The average molecular weight is 349 g/mol. The van der Waals surface area contributed by atoms with Crippen molar-refractivity contribution in [1.82, 2.24) is 20.3 Å². The van der Waals surface area contributed by atoms with Crippen LogP contribution < -0.4 is 19.7 Å². The van der Waals surface area contributed by atoms with Gasteiger partial charge in [0, 0.05) is 25.6 Å². The average Bonchev–Trinajstić information content (AvgIpc) is 3.14. The first-order chi connectivity index (χ1) is 12.2. The van der Waals surface area contributed by atoms with Crippen LogP contribution >= 0.6 is 0 Å². The summed E-state index contributed by atoms with van der Waals surface area (Å²) < 4.78 is 10.2. The van der Waals surface area contributed by atoms with Gasteiger partial charge in [-0.05, 0) is 31.6 Å². The molecule has 0 unspecified atom stereocenters. The molecule has 1 N–H and O–H groups in total. The van der Waals surface area contributed by atoms with E-state index in [9.17, 15) is 4.79 Å². The number of hydrogen-bond acceptors (Lipinski definition) is 7. The zero-order valence-corrected chi connectivity index (χ0v) is 15.0. The Morgan fingerprint density at radius 3 is 2.20 bits per heavy atom. The van der Waals surface area contributed by atoms with Crippen LogP contribution in [0.15, 0.2) is 0 Å². The highest BCUT2D eigenvalue weighted by Crippen LogP contribution is 2.25. The predicted octanol–water partition coefficient (Wildman–Crippen LogP) is 1.55. The zero-order valence-electron chi connectivity index (χ0n) is 15.0. The predicted molar refractivity (Wildman–Crippen MR) is 92.9 cm³/mol. The van der Waals surface area contributed by atoms with Crippen LogP contribution in [0.2, 0.25) is 0 Å². The van der Waals surface area contributed by atoms with Crippen molar-refractivity contribution in [2.75, 3.05) is 32.2 Å². The molecule has 1 amide bonds. The van der Waals surface area contributed by atoms with Crippen molar-refractivity contribution >= 4 is 11.9 Å². The van der Waals surface area contributed by atoms with E-state index in [0.717, 1.165) is 38.8 Å². The van der Waals surface area contributed by atoms with E-state index in [2.05, 4.69) is 25.2 Å². The fourth-order valence-corrected chi connectivity index (χ4v) is 3.61. The van der Waals surface area contributed by atoms with Crippen LogP contribution in [0.5, 0.6) is 12.0 Å². The summed E-state index contributed by atoms with van der Waals surface area (Å²) >= 11 is 0. The second-order valence-electron chi connectivity index (χ2n) is 6.79. The lowest BCUT2D eigenvalue weighted by molar-refractivity contribution is -0.122. The number of nitrogens with one attached hydrogen (secondary N) is 1. The lowest BCUT2D eigenvalue weighted by Gasteiger charge is -2.31. The minimum atomic E-state index is 0.203. The molecule has 1 aliphatic heterocycles. The summed E-state index contributed by atoms with van der Waals surface area (Å²) in [5.74, 6) is 1.19. The molecule has 2 aliphatic rings. The van der Waals surface area contributed by atoms with Gasteiger partial charge in [0.2, 0.25) is 11.9 Å². The number of methoxy groups -OCH3 is 2. The largest absolute Gasteiger partial charge is 0.467 e. The summed E-state index contributed by atoms with van der Waals surface area (Å²) in [6.07, 6.45) is 7.27. The highest BCUT2D eigenvalue weighted by atomic mass is 16.5. The van der Waals surface area contributed by atoms with Gasteiger partial charge in [0.25, 0.3) is 0 Å². The highest BCUT2D eigenvalue weighted by molar-refractivity contribution is 5.76. The number of carbonyl (C=O) groups excluding carboxylic acids is 1. The molecule has 0 bridgehead atoms. The molecular weight excluding hydrogens is 322 g/mol. The Hall–Kier alpha value is -2.12. The molecule has 25 heavy (non-hydrogen) atoms. The van der Waals surface area contributed by atoms with Crippen molar-refractivity contribution in [3.05, 3.63) is 0 Å². The quantitative estimate of drug-likeness (QED) is 0.833. The third kappa shape index (κ3) is 4.70. The number of amides is 1. The fourth-order valence-electron chi connectivity index (χ4n) is 3.61. The van der Waals surface area contributed by atoms with Gasteiger partial charge >= 0.3 is 12.0 Å². The van der Waals surface area contributed by atoms with Gasteiger partial charge in [-0.3, -0.25) is 4.79 Å². The van der Waals surface area contributed by atoms with Gasteiger partial charge in [-0.2, -0.15) is 9.97 Å². The second-order valence-corrected chi connectivity index (χ2v) is 6.79. The van der Waals surface area contributed by atoms with Crippen molar-refractivity contribution in [2.24, 2.45) is 5.92 Å². The van der Waals surface area contributed by atoms with Crippen LogP contribution in [0.3, 0.4) is 0 Å². The lowest BCUT2D eigenvalue weighted by atomic mass is 9.93. The second kappa shape index (κ2) is 8.31. The van der Waals surface area contributed by atoms with Crippen LogP contribution in [0.1, 0.15) is 44.9 Å². The van der Waals surface area contributed by atoms with E-state index in [1.807, 2.05) is 0 Å². The van der Waals surface area contributed by atoms with Crippen molar-refractivity contribution in [2.45, 2.75) is 51.0 Å². The molecule has 2 heterocycles. The lowest BCUT2D eigenvalue weighted by Crippen LogP contribution is -2.38. The van der Waals surface area contributed by atoms with E-state index in [0.29, 0.717) is 24.3 Å². The summed E-state index contributed by atoms with van der Waals surface area (Å²) in [7, 11) is 3.04. The third-order valence-electron chi connectivity index (χ3n) is 5.04. The summed E-state index contributed by atoms with van der Waals surface area (Å²) in [5, 5.41) is 3.18. The maximum atomic E-state index is 12.2. The number of piperidine rings is 1. The Balaban J connectivity index is 1.50. The molecule has 1 saturated carbocycles. The molecule has 1 aromatic heterocycles. The molecule has 1 aromatic rings. The van der Waals surface area contributed by atoms with E-state index in [1.54, 1.807) is 0 Å². The molecule has 3 rings (SSSR count). The van der Waals surface area contributed by atoms with Crippen molar-refractivity contribution < 1.29 is 14.3 Å². The standard InChI is InChI=1S/C17H27N5O3/c1-24-16-19-15(20-17(21-16)25-2)22-9-7-12(8-10-22)11-14(23)18-13-5-3-4-6-13/h12-13H,3-11H2,1-2H3,(H,18,23). The van der Waals surface area contributed by atoms with Gasteiger partial charge in [0.05, 0.1) is 14.2 Å². The minimum Gasteiger partial charge on any atom is -0.467 e. The van der Waals surface area contributed by atoms with Crippen molar-refractivity contribution in [1.29, 1.82) is 0 Å². The van der Waals surface area contributed by atoms with E-state index in [4.69, 9.17) is 9.47 Å². The summed E-state index contributed by atoms with van der Waals surface area (Å²) in [6.45, 7) is 1.63. The van der Waals surface area contributed by atoms with Crippen LogP contribution in [0.25, 0.3) is 0 Å². The van der Waals surface area contributed by atoms with E-state index < -0.39 is 0 Å². The Bertz CT molecular complexity index is 561. The molecule has 1 saturated heterocycles. The van der Waals surface area contributed by atoms with Crippen molar-refractivity contribution in [3.63, 3.8) is 0 Å². The van der Waals surface area contributed by atoms with E-state index in [-0.39, 0.29) is 17.9 Å². The number of nitrogens with zero attached hydrogens (tertiary/aromatic N) is 4. The Morgan fingerprint density at radius 1 is 1.04 bits per heavy atom. The molecule has 0 spiro atoms. The zero-order chi connectivity index (χ0) is 17.6. The highest BCUT2D eigenvalue weighted by Gasteiger charge is 2.25. The maximum Gasteiger partial charge on any atom is 0.324 e. The van der Waals surface area contributed by atoms with E-state index in [1.165, 1.54) is 27.1 Å². The van der Waals surface area contributed by atoms with E-state index >= 15 is 0 Å². The molecule has 1 aliphatic carbocycles. The normalized spacial score (nSPS) is 19.0. The SMILES string of the molecule is COc1nc(OC)nc(N2CCC(CC(=O)NC3CCCC3)CC2)n1. The maximum absolute atomic E-state index is 12.2. The monoisotopic (exact) mass is 349 g/mol. The van der Waals surface area contributed by atoms with Crippen LogP contribution in [0, 0.1) is 5.92 Å². The molecule has 2 fully saturated rings. The van der Waals surface area contributed by atoms with Gasteiger partial charge in [-0.25, -0.2) is 0 Å². The number of ether oxygens (including phenoxy) is 2. The number of rotatable bonds is 6. The molecule has 8 nitrogen and oxygen atoms in total. The van der Waals surface area contributed by atoms with Gasteiger partial charge in [0.1, 0.15) is 0 Å². The first-order valence-corrected chi connectivity index (χ1v) is 9.06. The van der Waals surface area contributed by atoms with Gasteiger partial charge < -0.3 is 19.7 Å². The number of anilines is 1. The van der Waals surface area contributed by atoms with Gasteiger partial charge in [-0.15, -0.1) is 4.98 Å². The van der Waals surface area contributed by atoms with Crippen molar-refractivity contribution in [3.8, 4) is 12.0 Å². The van der Waals surface area contributed by atoms with Crippen LogP contribution in [-0.4, -0.2) is 54.2 Å². The first kappa shape index (κ1) is 17.7. The molecule has 0 radical (unpaired) electrons. The van der Waals surface area contributed by atoms with Crippen LogP contribution in [0.4, 0.5) is 5.95 Å². The Labute approximate surface area is 148 Å². The Morgan fingerprint density at radius 2 is 1.64 bits per heavy atom. The summed E-state index contributed by atoms with van der Waals surface area (Å²) in [5.41, 5.74) is 0.